The molecule has 1 aliphatic carbocycles. The molecule has 1 saturated heterocycles. The normalized spacial score (nSPS) is 28.0. The van der Waals surface area contributed by atoms with Gasteiger partial charge in [-0.05, 0) is 67.9 Å². The number of benzene rings is 1. The molecule has 2 aliphatic heterocycles. The molecule has 2 aromatic rings. The van der Waals surface area contributed by atoms with Gasteiger partial charge in [-0.25, -0.2) is 23.9 Å². The Bertz CT molecular complexity index is 1430. The third kappa shape index (κ3) is 7.72. The van der Waals surface area contributed by atoms with E-state index in [1.807, 2.05) is 41.5 Å². The number of fused-ring (bicyclic) bond motifs is 5. The number of carbonyl (C=O) groups is 3. The Kier molecular flexibility index (Phi) is 10.4. The number of nitrogens with zero attached hydrogens (tertiary/aromatic N) is 3. The van der Waals surface area contributed by atoms with E-state index in [2.05, 4.69) is 5.32 Å². The molecule has 0 radical (unpaired) electrons. The summed E-state index contributed by atoms with van der Waals surface area (Å²) >= 11 is 0. The average Bonchev–Trinajstić information content (AvgIpc) is 3.56. The number of esters is 1. The standard InChI is InChI=1S/C35H49FN4O6/c1-20(2)19-44-33(42)29-21(3)28-18-40(29)32(41)30(35(4,5)6)39-34(43)46-27-14-10-12-22(27)11-8-7-9-13-25-31(45-28)38-26-17-23(36)15-16-24(26)37-25/h15-17,20-22,27-30H,7-14,18-19H2,1-6H3,(H,39,43)/t21-,22-,27-,28+,29+,30-/m1/s1. The highest BCUT2D eigenvalue weighted by Gasteiger charge is 2.51. The van der Waals surface area contributed by atoms with Crippen LogP contribution in [0.2, 0.25) is 0 Å². The first-order valence-electron chi connectivity index (χ1n) is 16.9. The summed E-state index contributed by atoms with van der Waals surface area (Å²) in [4.78, 5) is 52.3. The number of aryl methyl sites for hydroxylation is 1. The second-order valence-corrected chi connectivity index (χ2v) is 14.8. The molecule has 1 aromatic carbocycles. The van der Waals surface area contributed by atoms with Crippen molar-refractivity contribution in [2.24, 2.45) is 23.2 Å². The fourth-order valence-corrected chi connectivity index (χ4v) is 6.92. The Labute approximate surface area is 271 Å². The lowest BCUT2D eigenvalue weighted by Gasteiger charge is -2.35. The third-order valence-electron chi connectivity index (χ3n) is 9.52. The molecule has 5 rings (SSSR count). The van der Waals surface area contributed by atoms with Gasteiger partial charge >= 0.3 is 12.1 Å². The SMILES string of the molecule is CC(C)COC(=O)[C@@H]1[C@H](C)[C@@H]2CN1C(=O)[C@H](C(C)(C)C)NC(=O)O[C@@H]1CCC[C@H]1CCCCCc1nc3ccc(F)cc3nc1O2. The van der Waals surface area contributed by atoms with E-state index in [0.717, 1.165) is 44.9 Å². The van der Waals surface area contributed by atoms with Crippen LogP contribution in [0, 0.1) is 29.0 Å². The van der Waals surface area contributed by atoms with Gasteiger partial charge in [0.2, 0.25) is 11.8 Å². The predicted molar refractivity (Wildman–Crippen MR) is 171 cm³/mol. The van der Waals surface area contributed by atoms with Crippen molar-refractivity contribution in [2.75, 3.05) is 13.2 Å². The van der Waals surface area contributed by atoms with E-state index in [-0.39, 0.29) is 37.0 Å². The molecule has 1 N–H and O–H groups in total. The lowest BCUT2D eigenvalue weighted by molar-refractivity contribution is -0.156. The maximum absolute atomic E-state index is 14.4. The van der Waals surface area contributed by atoms with Crippen LogP contribution in [0.1, 0.15) is 92.2 Å². The molecule has 0 unspecified atom stereocenters. The van der Waals surface area contributed by atoms with Gasteiger partial charge in [0.15, 0.2) is 0 Å². The number of alkyl carbamates (subject to hydrolysis) is 1. The number of amides is 2. The van der Waals surface area contributed by atoms with Gasteiger partial charge in [-0.3, -0.25) is 4.79 Å². The number of hydrogen-bond donors (Lipinski definition) is 1. The monoisotopic (exact) mass is 640 g/mol. The summed E-state index contributed by atoms with van der Waals surface area (Å²) < 4.78 is 32.3. The van der Waals surface area contributed by atoms with Crippen LogP contribution >= 0.6 is 0 Å². The van der Waals surface area contributed by atoms with Crippen molar-refractivity contribution < 1.29 is 33.0 Å². The lowest BCUT2D eigenvalue weighted by atomic mass is 9.85. The number of ether oxygens (including phenoxy) is 3. The quantitative estimate of drug-likeness (QED) is 0.407. The second-order valence-electron chi connectivity index (χ2n) is 14.8. The molecule has 2 amide bonds. The Morgan fingerprint density at radius 3 is 2.54 bits per heavy atom. The van der Waals surface area contributed by atoms with E-state index in [1.165, 1.54) is 17.0 Å². The predicted octanol–water partition coefficient (Wildman–Crippen LogP) is 5.99. The van der Waals surface area contributed by atoms with Crippen molar-refractivity contribution in [1.29, 1.82) is 0 Å². The van der Waals surface area contributed by atoms with Gasteiger partial charge in [0.05, 0.1) is 24.2 Å². The van der Waals surface area contributed by atoms with E-state index in [9.17, 15) is 18.8 Å². The van der Waals surface area contributed by atoms with Gasteiger partial charge in [-0.2, -0.15) is 0 Å². The molecule has 1 aromatic heterocycles. The summed E-state index contributed by atoms with van der Waals surface area (Å²) in [7, 11) is 0. The molecule has 46 heavy (non-hydrogen) atoms. The number of aromatic nitrogens is 2. The zero-order valence-electron chi connectivity index (χ0n) is 28.0. The van der Waals surface area contributed by atoms with Gasteiger partial charge in [0.25, 0.3) is 0 Å². The Morgan fingerprint density at radius 1 is 1.04 bits per heavy atom. The molecule has 6 atom stereocenters. The van der Waals surface area contributed by atoms with Gasteiger partial charge in [-0.1, -0.05) is 54.4 Å². The van der Waals surface area contributed by atoms with Crippen molar-refractivity contribution in [2.45, 2.75) is 117 Å². The molecular formula is C35H49FN4O6. The van der Waals surface area contributed by atoms with Crippen molar-refractivity contribution in [3.63, 3.8) is 0 Å². The zero-order valence-corrected chi connectivity index (χ0v) is 28.0. The molecule has 252 valence electrons. The van der Waals surface area contributed by atoms with Crippen LogP contribution in [0.4, 0.5) is 9.18 Å². The first-order chi connectivity index (χ1) is 21.8. The van der Waals surface area contributed by atoms with Crippen molar-refractivity contribution in [1.82, 2.24) is 20.2 Å². The fourth-order valence-electron chi connectivity index (χ4n) is 6.92. The van der Waals surface area contributed by atoms with Crippen LogP contribution < -0.4 is 10.1 Å². The smallest absolute Gasteiger partial charge is 0.408 e. The molecule has 11 heteroatoms. The Morgan fingerprint density at radius 2 is 1.80 bits per heavy atom. The first kappa shape index (κ1) is 33.9. The van der Waals surface area contributed by atoms with E-state index in [1.54, 1.807) is 6.07 Å². The molecular weight excluding hydrogens is 591 g/mol. The number of rotatable bonds is 3. The topological polar surface area (TPSA) is 120 Å². The summed E-state index contributed by atoms with van der Waals surface area (Å²) in [5.41, 5.74) is 0.918. The summed E-state index contributed by atoms with van der Waals surface area (Å²) in [6, 6.07) is 2.39. The van der Waals surface area contributed by atoms with E-state index < -0.39 is 53.3 Å². The second kappa shape index (κ2) is 14.1. The van der Waals surface area contributed by atoms with Crippen LogP contribution in [0.15, 0.2) is 18.2 Å². The average molecular weight is 641 g/mol. The third-order valence-corrected chi connectivity index (χ3v) is 9.52. The van der Waals surface area contributed by atoms with Crippen LogP contribution in [-0.4, -0.2) is 70.3 Å². The summed E-state index contributed by atoms with van der Waals surface area (Å²) in [6.45, 7) is 11.6. The van der Waals surface area contributed by atoms with Gasteiger partial charge in [0, 0.05) is 12.0 Å². The maximum atomic E-state index is 14.4. The van der Waals surface area contributed by atoms with Gasteiger partial charge < -0.3 is 24.4 Å². The molecule has 2 bridgehead atoms. The minimum absolute atomic E-state index is 0.0672. The maximum Gasteiger partial charge on any atom is 0.408 e. The molecule has 2 fully saturated rings. The molecule has 0 spiro atoms. The highest BCUT2D eigenvalue weighted by Crippen LogP contribution is 2.35. The van der Waals surface area contributed by atoms with Gasteiger partial charge in [-0.15, -0.1) is 0 Å². The molecule has 1 saturated carbocycles. The highest BCUT2D eigenvalue weighted by molar-refractivity contribution is 5.91. The fraction of sp³-hybridized carbons (Fsp3) is 0.686. The highest BCUT2D eigenvalue weighted by atomic mass is 19.1. The van der Waals surface area contributed by atoms with Crippen LogP contribution in [0.25, 0.3) is 11.0 Å². The number of hydrogen-bond acceptors (Lipinski definition) is 8. The van der Waals surface area contributed by atoms with Crippen LogP contribution in [0.3, 0.4) is 0 Å². The Hall–Kier alpha value is -3.50. The van der Waals surface area contributed by atoms with Crippen molar-refractivity contribution in [3.8, 4) is 5.88 Å². The van der Waals surface area contributed by atoms with E-state index >= 15 is 0 Å². The first-order valence-corrected chi connectivity index (χ1v) is 16.9. The minimum Gasteiger partial charge on any atom is -0.471 e. The van der Waals surface area contributed by atoms with Crippen molar-refractivity contribution in [3.05, 3.63) is 29.7 Å². The van der Waals surface area contributed by atoms with E-state index in [0.29, 0.717) is 23.1 Å². The van der Waals surface area contributed by atoms with Crippen LogP contribution in [-0.2, 0) is 25.5 Å². The van der Waals surface area contributed by atoms with Crippen molar-refractivity contribution >= 4 is 29.0 Å². The van der Waals surface area contributed by atoms with Crippen LogP contribution in [0.5, 0.6) is 5.88 Å². The molecule has 3 aliphatic rings. The Balaban J connectivity index is 1.53. The number of carbonyl (C=O) groups excluding carboxylic acids is 3. The summed E-state index contributed by atoms with van der Waals surface area (Å²) in [6.07, 6.45) is 5.67. The summed E-state index contributed by atoms with van der Waals surface area (Å²) in [5, 5.41) is 2.87. The van der Waals surface area contributed by atoms with E-state index in [4.69, 9.17) is 24.2 Å². The van der Waals surface area contributed by atoms with Gasteiger partial charge in [0.1, 0.15) is 35.8 Å². The zero-order chi connectivity index (χ0) is 33.2. The molecule has 3 heterocycles. The summed E-state index contributed by atoms with van der Waals surface area (Å²) in [5.74, 6) is -1.19. The number of nitrogens with one attached hydrogen (secondary N) is 1. The lowest BCUT2D eigenvalue weighted by Crippen LogP contribution is -2.57. The largest absolute Gasteiger partial charge is 0.471 e. The number of halogens is 1. The molecule has 10 nitrogen and oxygen atoms in total. The minimum atomic E-state index is -0.968.